The first-order valence-corrected chi connectivity index (χ1v) is 10.5. The molecule has 1 saturated heterocycles. The van der Waals surface area contributed by atoms with Gasteiger partial charge in [0.1, 0.15) is 10.7 Å². The van der Waals surface area contributed by atoms with Crippen molar-refractivity contribution < 1.29 is 8.42 Å². The van der Waals surface area contributed by atoms with Crippen LogP contribution in [0.4, 0.5) is 5.82 Å². The normalized spacial score (nSPS) is 16.9. The number of pyridine rings is 1. The molecule has 0 saturated carbocycles. The minimum Gasteiger partial charge on any atom is -0.359 e. The SMILES string of the molecule is CN1CCN(S(=O)(=O)c2ccc(N(C)CCc3nccs3)nc2)CC1. The molecule has 0 spiro atoms. The highest BCUT2D eigenvalue weighted by Crippen LogP contribution is 2.19. The van der Waals surface area contributed by atoms with Gasteiger partial charge in [0, 0.05) is 64.0 Å². The third kappa shape index (κ3) is 4.35. The zero-order chi connectivity index (χ0) is 17.9. The maximum absolute atomic E-state index is 12.7. The van der Waals surface area contributed by atoms with Gasteiger partial charge in [-0.05, 0) is 19.2 Å². The maximum atomic E-state index is 12.7. The average molecular weight is 382 g/mol. The molecular formula is C16H23N5O2S2. The second-order valence-corrected chi connectivity index (χ2v) is 9.07. The fourth-order valence-corrected chi connectivity index (χ4v) is 4.66. The summed E-state index contributed by atoms with van der Waals surface area (Å²) in [6.45, 7) is 3.34. The fourth-order valence-electron chi connectivity index (χ4n) is 2.68. The van der Waals surface area contributed by atoms with E-state index < -0.39 is 10.0 Å². The summed E-state index contributed by atoms with van der Waals surface area (Å²) in [5.74, 6) is 0.758. The summed E-state index contributed by atoms with van der Waals surface area (Å²) >= 11 is 1.64. The monoisotopic (exact) mass is 381 g/mol. The second kappa shape index (κ2) is 7.77. The summed E-state index contributed by atoms with van der Waals surface area (Å²) in [6.07, 6.45) is 4.11. The van der Waals surface area contributed by atoms with Gasteiger partial charge in [0.25, 0.3) is 0 Å². The van der Waals surface area contributed by atoms with Gasteiger partial charge >= 0.3 is 0 Å². The Morgan fingerprint density at radius 3 is 2.56 bits per heavy atom. The van der Waals surface area contributed by atoms with Crippen LogP contribution >= 0.6 is 11.3 Å². The third-order valence-electron chi connectivity index (χ3n) is 4.36. The highest BCUT2D eigenvalue weighted by atomic mass is 32.2. The molecule has 25 heavy (non-hydrogen) atoms. The number of piperazine rings is 1. The number of aromatic nitrogens is 2. The van der Waals surface area contributed by atoms with Gasteiger partial charge < -0.3 is 9.80 Å². The molecule has 136 valence electrons. The first-order valence-electron chi connectivity index (χ1n) is 8.21. The zero-order valence-electron chi connectivity index (χ0n) is 14.5. The quantitative estimate of drug-likeness (QED) is 0.748. The van der Waals surface area contributed by atoms with Crippen molar-refractivity contribution in [3.8, 4) is 0 Å². The van der Waals surface area contributed by atoms with Gasteiger partial charge in [-0.25, -0.2) is 18.4 Å². The van der Waals surface area contributed by atoms with Crippen LogP contribution in [0.15, 0.2) is 34.8 Å². The predicted octanol–water partition coefficient (Wildman–Crippen LogP) is 1.15. The molecule has 9 heteroatoms. The molecule has 0 unspecified atom stereocenters. The fraction of sp³-hybridized carbons (Fsp3) is 0.500. The van der Waals surface area contributed by atoms with Gasteiger partial charge in [-0.3, -0.25) is 0 Å². The Hall–Kier alpha value is -1.55. The smallest absolute Gasteiger partial charge is 0.244 e. The molecule has 2 aromatic heterocycles. The largest absolute Gasteiger partial charge is 0.359 e. The van der Waals surface area contributed by atoms with Crippen LogP contribution in [-0.4, -0.2) is 74.4 Å². The van der Waals surface area contributed by atoms with Crippen molar-refractivity contribution >= 4 is 27.2 Å². The number of likely N-dealkylation sites (N-methyl/N-ethyl adjacent to an activating group) is 2. The first-order chi connectivity index (χ1) is 12.0. The first kappa shape index (κ1) is 18.2. The number of hydrogen-bond donors (Lipinski definition) is 0. The number of rotatable bonds is 6. The van der Waals surface area contributed by atoms with Crippen molar-refractivity contribution in [2.45, 2.75) is 11.3 Å². The van der Waals surface area contributed by atoms with Crippen molar-refractivity contribution in [1.29, 1.82) is 0 Å². The minimum absolute atomic E-state index is 0.258. The van der Waals surface area contributed by atoms with E-state index in [0.717, 1.165) is 36.9 Å². The van der Waals surface area contributed by atoms with Crippen molar-refractivity contribution in [3.05, 3.63) is 34.9 Å². The summed E-state index contributed by atoms with van der Waals surface area (Å²) in [4.78, 5) is 13.0. The Bertz CT molecular complexity index is 769. The molecule has 7 nitrogen and oxygen atoms in total. The molecule has 0 radical (unpaired) electrons. The van der Waals surface area contributed by atoms with E-state index in [1.807, 2.05) is 24.4 Å². The number of sulfonamides is 1. The Morgan fingerprint density at radius 2 is 1.96 bits per heavy atom. The van der Waals surface area contributed by atoms with Crippen LogP contribution in [-0.2, 0) is 16.4 Å². The average Bonchev–Trinajstić information content (AvgIpc) is 3.14. The lowest BCUT2D eigenvalue weighted by atomic mass is 10.4. The lowest BCUT2D eigenvalue weighted by Gasteiger charge is -2.31. The predicted molar refractivity (Wildman–Crippen MR) is 99.6 cm³/mol. The van der Waals surface area contributed by atoms with Crippen LogP contribution in [0.1, 0.15) is 5.01 Å². The molecule has 0 aliphatic carbocycles. The van der Waals surface area contributed by atoms with E-state index in [9.17, 15) is 8.42 Å². The zero-order valence-corrected chi connectivity index (χ0v) is 16.1. The second-order valence-electron chi connectivity index (χ2n) is 6.16. The lowest BCUT2D eigenvalue weighted by molar-refractivity contribution is 0.222. The summed E-state index contributed by atoms with van der Waals surface area (Å²) in [5.41, 5.74) is 0. The van der Waals surface area contributed by atoms with E-state index in [1.54, 1.807) is 29.7 Å². The van der Waals surface area contributed by atoms with E-state index in [2.05, 4.69) is 14.9 Å². The van der Waals surface area contributed by atoms with Crippen LogP contribution in [0, 0.1) is 0 Å². The van der Waals surface area contributed by atoms with Crippen LogP contribution in [0.2, 0.25) is 0 Å². The molecule has 2 aromatic rings. The maximum Gasteiger partial charge on any atom is 0.244 e. The molecule has 0 bridgehead atoms. The summed E-state index contributed by atoms with van der Waals surface area (Å²) < 4.78 is 26.9. The van der Waals surface area contributed by atoms with Gasteiger partial charge in [-0.15, -0.1) is 11.3 Å². The molecule has 0 aromatic carbocycles. The number of nitrogens with zero attached hydrogens (tertiary/aromatic N) is 5. The lowest BCUT2D eigenvalue weighted by Crippen LogP contribution is -2.47. The number of anilines is 1. The van der Waals surface area contributed by atoms with Crippen molar-refractivity contribution in [3.63, 3.8) is 0 Å². The van der Waals surface area contributed by atoms with Gasteiger partial charge in [-0.1, -0.05) is 0 Å². The summed E-state index contributed by atoms with van der Waals surface area (Å²) in [5, 5.41) is 3.05. The van der Waals surface area contributed by atoms with E-state index in [1.165, 1.54) is 10.5 Å². The highest BCUT2D eigenvalue weighted by Gasteiger charge is 2.27. The van der Waals surface area contributed by atoms with E-state index >= 15 is 0 Å². The van der Waals surface area contributed by atoms with E-state index in [-0.39, 0.29) is 4.90 Å². The molecule has 0 atom stereocenters. The summed E-state index contributed by atoms with van der Waals surface area (Å²) in [7, 11) is 0.492. The Labute approximate surface area is 153 Å². The summed E-state index contributed by atoms with van der Waals surface area (Å²) in [6, 6.07) is 3.42. The van der Waals surface area contributed by atoms with Crippen molar-refractivity contribution in [1.82, 2.24) is 19.2 Å². The topological polar surface area (TPSA) is 69.6 Å². The van der Waals surface area contributed by atoms with E-state index in [4.69, 9.17) is 0 Å². The molecule has 1 aliphatic heterocycles. The Kier molecular flexibility index (Phi) is 5.67. The van der Waals surface area contributed by atoms with Crippen molar-refractivity contribution in [2.75, 3.05) is 51.7 Å². The van der Waals surface area contributed by atoms with Crippen LogP contribution in [0.25, 0.3) is 0 Å². The van der Waals surface area contributed by atoms with Gasteiger partial charge in [0.05, 0.1) is 5.01 Å². The molecule has 0 amide bonds. The molecule has 3 rings (SSSR count). The molecule has 1 aliphatic rings. The Morgan fingerprint density at radius 1 is 1.20 bits per heavy atom. The van der Waals surface area contributed by atoms with Crippen molar-refractivity contribution in [2.24, 2.45) is 0 Å². The van der Waals surface area contributed by atoms with Crippen LogP contribution in [0.3, 0.4) is 0 Å². The Balaban J connectivity index is 1.64. The minimum atomic E-state index is -3.46. The molecular weight excluding hydrogens is 358 g/mol. The highest BCUT2D eigenvalue weighted by molar-refractivity contribution is 7.89. The van der Waals surface area contributed by atoms with Gasteiger partial charge in [-0.2, -0.15) is 4.31 Å². The van der Waals surface area contributed by atoms with E-state index in [0.29, 0.717) is 13.1 Å². The van der Waals surface area contributed by atoms with Crippen LogP contribution < -0.4 is 4.90 Å². The standard InChI is InChI=1S/C16H23N5O2S2/c1-19-8-10-21(11-9-19)25(22,23)14-3-4-15(18-13-14)20(2)7-5-16-17-6-12-24-16/h3-4,6,12-13H,5,7-11H2,1-2H3. The van der Waals surface area contributed by atoms with Gasteiger partial charge in [0.15, 0.2) is 0 Å². The van der Waals surface area contributed by atoms with Gasteiger partial charge in [0.2, 0.25) is 10.0 Å². The third-order valence-corrected chi connectivity index (χ3v) is 7.08. The number of hydrogen-bond acceptors (Lipinski definition) is 7. The molecule has 3 heterocycles. The van der Waals surface area contributed by atoms with Crippen LogP contribution in [0.5, 0.6) is 0 Å². The molecule has 0 N–H and O–H groups in total. The number of thiazole rings is 1. The molecule has 1 fully saturated rings.